The minimum atomic E-state index is 0.922. The van der Waals surface area contributed by atoms with Gasteiger partial charge in [-0.05, 0) is 17.8 Å². The lowest BCUT2D eigenvalue weighted by molar-refractivity contribution is 0.301. The van der Waals surface area contributed by atoms with Crippen molar-refractivity contribution < 1.29 is 0 Å². The summed E-state index contributed by atoms with van der Waals surface area (Å²) in [4.78, 5) is 0. The molecule has 0 fully saturated rings. The molecule has 0 saturated carbocycles. The molecule has 0 heterocycles. The second-order valence-corrected chi connectivity index (χ2v) is 10.2. The highest BCUT2D eigenvalue weighted by Crippen LogP contribution is 2.26. The van der Waals surface area contributed by atoms with Gasteiger partial charge < -0.3 is 0 Å². The second kappa shape index (κ2) is 21.7. The summed E-state index contributed by atoms with van der Waals surface area (Å²) in [6, 6.07) is 0. The van der Waals surface area contributed by atoms with Crippen LogP contribution >= 0.6 is 0 Å². The molecule has 0 aliphatic rings. The van der Waals surface area contributed by atoms with Gasteiger partial charge in [0.15, 0.2) is 0 Å². The van der Waals surface area contributed by atoms with Crippen molar-refractivity contribution in [1.29, 1.82) is 0 Å². The van der Waals surface area contributed by atoms with Crippen LogP contribution in [-0.4, -0.2) is 0 Å². The lowest BCUT2D eigenvalue weighted by Crippen LogP contribution is -2.10. The van der Waals surface area contributed by atoms with E-state index in [-0.39, 0.29) is 0 Å². The molecule has 0 aromatic heterocycles. The topological polar surface area (TPSA) is 0 Å². The van der Waals surface area contributed by atoms with Crippen molar-refractivity contribution in [2.24, 2.45) is 17.8 Å². The summed E-state index contributed by atoms with van der Waals surface area (Å²) in [5, 5.41) is 0. The third kappa shape index (κ3) is 19.3. The number of unbranched alkanes of at least 4 members (excludes halogenated alkanes) is 14. The Morgan fingerprint density at radius 3 is 1.18 bits per heavy atom. The fourth-order valence-electron chi connectivity index (χ4n) is 4.49. The van der Waals surface area contributed by atoms with Crippen LogP contribution in [0.25, 0.3) is 0 Å². The second-order valence-electron chi connectivity index (χ2n) is 10.2. The van der Waals surface area contributed by atoms with Crippen LogP contribution in [0.3, 0.4) is 0 Å². The highest BCUT2D eigenvalue weighted by atomic mass is 14.2. The summed E-state index contributed by atoms with van der Waals surface area (Å²) in [6.45, 7) is 12.1. The number of hydrogen-bond acceptors (Lipinski definition) is 0. The van der Waals surface area contributed by atoms with E-state index in [4.69, 9.17) is 0 Å². The molecule has 0 bridgehead atoms. The number of rotatable bonds is 22. The Kier molecular flexibility index (Phi) is 21.7. The minimum absolute atomic E-state index is 0.922. The van der Waals surface area contributed by atoms with E-state index in [0.717, 1.165) is 17.8 Å². The van der Waals surface area contributed by atoms with Gasteiger partial charge in [0.25, 0.3) is 0 Å². The molecule has 170 valence electrons. The molecular weight excluding hydrogens is 336 g/mol. The molecule has 28 heavy (non-hydrogen) atoms. The van der Waals surface area contributed by atoms with Crippen molar-refractivity contribution in [3.63, 3.8) is 0 Å². The lowest BCUT2D eigenvalue weighted by Gasteiger charge is -2.21. The highest BCUT2D eigenvalue weighted by Gasteiger charge is 2.13. The minimum Gasteiger partial charge on any atom is -0.0654 e. The maximum Gasteiger partial charge on any atom is -0.0417 e. The van der Waals surface area contributed by atoms with Gasteiger partial charge in [0.2, 0.25) is 0 Å². The standard InChI is InChI=1S/C28H58/c1-6-8-10-12-14-16-18-20-22-26(3)24-25-28(5)27(4)23-21-19-17-15-13-11-9-7-2/h26-28H,6-25H2,1-5H3. The molecule has 0 spiro atoms. The molecule has 0 heteroatoms. The predicted molar refractivity (Wildman–Crippen MR) is 131 cm³/mol. The molecule has 0 aliphatic carbocycles. The summed E-state index contributed by atoms with van der Waals surface area (Å²) >= 11 is 0. The maximum absolute atomic E-state index is 2.51. The Balaban J connectivity index is 3.47. The molecule has 3 unspecified atom stereocenters. The fraction of sp³-hybridized carbons (Fsp3) is 1.00. The van der Waals surface area contributed by atoms with Crippen LogP contribution in [0.2, 0.25) is 0 Å². The summed E-state index contributed by atoms with van der Waals surface area (Å²) in [5.41, 5.74) is 0. The highest BCUT2D eigenvalue weighted by molar-refractivity contribution is 4.65. The predicted octanol–water partition coefficient (Wildman–Crippen LogP) is 10.7. The molecule has 3 atom stereocenters. The van der Waals surface area contributed by atoms with Crippen LogP contribution in [0.1, 0.15) is 163 Å². The van der Waals surface area contributed by atoms with E-state index in [1.807, 2.05) is 0 Å². The van der Waals surface area contributed by atoms with Gasteiger partial charge in [-0.15, -0.1) is 0 Å². The first-order valence-electron chi connectivity index (χ1n) is 13.6. The normalized spacial score (nSPS) is 14.9. The van der Waals surface area contributed by atoms with E-state index < -0.39 is 0 Å². The van der Waals surface area contributed by atoms with Crippen LogP contribution < -0.4 is 0 Å². The van der Waals surface area contributed by atoms with E-state index in [1.165, 1.54) is 128 Å². The fourth-order valence-corrected chi connectivity index (χ4v) is 4.49. The molecule has 0 radical (unpaired) electrons. The summed E-state index contributed by atoms with van der Waals surface area (Å²) < 4.78 is 0. The Hall–Kier alpha value is 0. The SMILES string of the molecule is CCCCCCCCCCC(C)CCC(C)C(C)CCCCCCCCCC. The third-order valence-corrected chi connectivity index (χ3v) is 7.15. The summed E-state index contributed by atoms with van der Waals surface area (Å²) in [7, 11) is 0. The zero-order chi connectivity index (χ0) is 20.9. The molecule has 0 rings (SSSR count). The van der Waals surface area contributed by atoms with Gasteiger partial charge in [-0.25, -0.2) is 0 Å². The smallest absolute Gasteiger partial charge is 0.0417 e. The average Bonchev–Trinajstić information content (AvgIpc) is 2.69. The molecule has 0 aliphatic heterocycles. The molecule has 0 amide bonds. The van der Waals surface area contributed by atoms with E-state index in [2.05, 4.69) is 34.6 Å². The van der Waals surface area contributed by atoms with E-state index in [0.29, 0.717) is 0 Å². The zero-order valence-electron chi connectivity index (χ0n) is 20.9. The van der Waals surface area contributed by atoms with Gasteiger partial charge >= 0.3 is 0 Å². The van der Waals surface area contributed by atoms with Crippen molar-refractivity contribution in [2.45, 2.75) is 163 Å². The zero-order valence-corrected chi connectivity index (χ0v) is 20.9. The molecule has 0 nitrogen and oxygen atoms in total. The quantitative estimate of drug-likeness (QED) is 0.160. The van der Waals surface area contributed by atoms with Crippen LogP contribution in [0, 0.1) is 17.8 Å². The molecule has 0 aromatic rings. The van der Waals surface area contributed by atoms with Crippen molar-refractivity contribution >= 4 is 0 Å². The first-order chi connectivity index (χ1) is 13.6. The van der Waals surface area contributed by atoms with Gasteiger partial charge in [0, 0.05) is 0 Å². The van der Waals surface area contributed by atoms with Crippen molar-refractivity contribution in [3.05, 3.63) is 0 Å². The molecular formula is C28H58. The Morgan fingerprint density at radius 2 is 0.714 bits per heavy atom. The maximum atomic E-state index is 2.51. The Morgan fingerprint density at radius 1 is 0.357 bits per heavy atom. The summed E-state index contributed by atoms with van der Waals surface area (Å²) in [6.07, 6.45) is 29.1. The lowest BCUT2D eigenvalue weighted by atomic mass is 9.84. The van der Waals surface area contributed by atoms with Gasteiger partial charge in [-0.1, -0.05) is 163 Å². The van der Waals surface area contributed by atoms with Gasteiger partial charge in [-0.3, -0.25) is 0 Å². The van der Waals surface area contributed by atoms with Crippen molar-refractivity contribution in [1.82, 2.24) is 0 Å². The summed E-state index contributed by atoms with van der Waals surface area (Å²) in [5.74, 6) is 2.79. The van der Waals surface area contributed by atoms with E-state index >= 15 is 0 Å². The van der Waals surface area contributed by atoms with E-state index in [9.17, 15) is 0 Å². The average molecular weight is 395 g/mol. The first-order valence-corrected chi connectivity index (χ1v) is 13.6. The number of hydrogen-bond donors (Lipinski definition) is 0. The van der Waals surface area contributed by atoms with Crippen molar-refractivity contribution in [3.8, 4) is 0 Å². The van der Waals surface area contributed by atoms with Crippen LogP contribution in [-0.2, 0) is 0 Å². The van der Waals surface area contributed by atoms with Crippen LogP contribution in [0.5, 0.6) is 0 Å². The van der Waals surface area contributed by atoms with Crippen LogP contribution in [0.4, 0.5) is 0 Å². The Labute approximate surface area is 181 Å². The molecule has 0 saturated heterocycles. The Bertz CT molecular complexity index is 282. The van der Waals surface area contributed by atoms with Gasteiger partial charge in [0.1, 0.15) is 0 Å². The molecule has 0 aromatic carbocycles. The van der Waals surface area contributed by atoms with Crippen LogP contribution in [0.15, 0.2) is 0 Å². The van der Waals surface area contributed by atoms with Gasteiger partial charge in [-0.2, -0.15) is 0 Å². The van der Waals surface area contributed by atoms with E-state index in [1.54, 1.807) is 0 Å². The first kappa shape index (κ1) is 28.0. The largest absolute Gasteiger partial charge is 0.0654 e. The van der Waals surface area contributed by atoms with Crippen molar-refractivity contribution in [2.75, 3.05) is 0 Å². The van der Waals surface area contributed by atoms with Gasteiger partial charge in [0.05, 0.1) is 0 Å². The third-order valence-electron chi connectivity index (χ3n) is 7.15. The monoisotopic (exact) mass is 394 g/mol. The molecule has 0 N–H and O–H groups in total.